The van der Waals surface area contributed by atoms with Crippen LogP contribution < -0.4 is 15.8 Å². The fraction of sp³-hybridized carbons (Fsp3) is 0.412. The molecule has 0 bridgehead atoms. The average molecular weight is 444 g/mol. The number of rotatable bonds is 5. The number of phosphoric acid groups is 1. The molecule has 0 amide bonds. The number of nitrogens with one attached hydrogen (secondary N) is 1. The summed E-state index contributed by atoms with van der Waals surface area (Å²) in [5.74, 6) is -2.35. The number of halogens is 1. The molecule has 2 aliphatic heterocycles. The highest BCUT2D eigenvalue weighted by Crippen LogP contribution is 2.55. The van der Waals surface area contributed by atoms with Gasteiger partial charge in [-0.3, -0.25) is 23.4 Å². The molecule has 162 valence electrons. The molecule has 3 heterocycles. The van der Waals surface area contributed by atoms with Gasteiger partial charge in [0.1, 0.15) is 18.5 Å². The standard InChI is InChI=1S/C17H18FN2O9P/c18-17(9-27-30(25)26-8-10-3-1-2-4-13(10)29-30)5-12(22)15(28-17)20-6-11(7-21)14(23)19-16(20)24/h1-4,6,12,15,21-22H,5,7-9H2,(H,19,23,24)/t12-,15-,17+,30?/m1/s1. The first-order valence-corrected chi connectivity index (χ1v) is 10.3. The van der Waals surface area contributed by atoms with E-state index in [9.17, 15) is 24.4 Å². The summed E-state index contributed by atoms with van der Waals surface area (Å²) < 4.78 is 49.1. The van der Waals surface area contributed by atoms with Gasteiger partial charge in [-0.15, -0.1) is 0 Å². The van der Waals surface area contributed by atoms with E-state index >= 15 is 4.39 Å². The van der Waals surface area contributed by atoms with Crippen molar-refractivity contribution in [3.63, 3.8) is 0 Å². The van der Waals surface area contributed by atoms with Crippen LogP contribution in [0.3, 0.4) is 0 Å². The summed E-state index contributed by atoms with van der Waals surface area (Å²) >= 11 is 0. The molecule has 13 heteroatoms. The third kappa shape index (κ3) is 3.97. The topological polar surface area (TPSA) is 149 Å². The van der Waals surface area contributed by atoms with E-state index in [0.29, 0.717) is 5.56 Å². The lowest BCUT2D eigenvalue weighted by Gasteiger charge is -2.27. The van der Waals surface area contributed by atoms with Gasteiger partial charge >= 0.3 is 13.5 Å². The van der Waals surface area contributed by atoms with Crippen LogP contribution in [-0.4, -0.2) is 38.3 Å². The number of aromatic amines is 1. The summed E-state index contributed by atoms with van der Waals surface area (Å²) in [6, 6.07) is 6.67. The van der Waals surface area contributed by atoms with Crippen molar-refractivity contribution in [2.24, 2.45) is 0 Å². The lowest BCUT2D eigenvalue weighted by atomic mass is 10.2. The van der Waals surface area contributed by atoms with E-state index in [-0.39, 0.29) is 17.9 Å². The van der Waals surface area contributed by atoms with E-state index in [0.717, 1.165) is 10.8 Å². The zero-order valence-electron chi connectivity index (χ0n) is 15.4. The van der Waals surface area contributed by atoms with Crippen molar-refractivity contribution in [3.8, 4) is 5.75 Å². The minimum atomic E-state index is -4.13. The van der Waals surface area contributed by atoms with Crippen LogP contribution in [-0.2, 0) is 31.6 Å². The second kappa shape index (κ2) is 7.73. The Balaban J connectivity index is 1.48. The summed E-state index contributed by atoms with van der Waals surface area (Å²) in [7, 11) is -4.13. The quantitative estimate of drug-likeness (QED) is 0.567. The van der Waals surface area contributed by atoms with Crippen LogP contribution in [0, 0.1) is 0 Å². The first-order chi connectivity index (χ1) is 14.2. The molecule has 1 unspecified atom stereocenters. The summed E-state index contributed by atoms with van der Waals surface area (Å²) in [4.78, 5) is 25.5. The van der Waals surface area contributed by atoms with Gasteiger partial charge < -0.3 is 19.5 Å². The summed E-state index contributed by atoms with van der Waals surface area (Å²) in [6.07, 6.45) is -2.66. The van der Waals surface area contributed by atoms with Gasteiger partial charge in [-0.2, -0.15) is 0 Å². The molecule has 0 aliphatic carbocycles. The Morgan fingerprint density at radius 3 is 2.90 bits per heavy atom. The lowest BCUT2D eigenvalue weighted by Crippen LogP contribution is -2.37. The number of nitrogens with zero attached hydrogens (tertiary/aromatic N) is 1. The molecule has 1 fully saturated rings. The number of phosphoric ester groups is 1. The van der Waals surface area contributed by atoms with Gasteiger partial charge in [0, 0.05) is 18.2 Å². The molecule has 4 atom stereocenters. The number of ether oxygens (including phenoxy) is 1. The highest BCUT2D eigenvalue weighted by molar-refractivity contribution is 7.49. The van der Waals surface area contributed by atoms with E-state index in [1.54, 1.807) is 24.3 Å². The third-order valence-corrected chi connectivity index (χ3v) is 5.97. The lowest BCUT2D eigenvalue weighted by molar-refractivity contribution is -0.179. The van der Waals surface area contributed by atoms with E-state index < -0.39 is 56.9 Å². The summed E-state index contributed by atoms with van der Waals surface area (Å²) in [6.45, 7) is -1.65. The van der Waals surface area contributed by atoms with E-state index in [1.807, 2.05) is 4.98 Å². The van der Waals surface area contributed by atoms with E-state index in [4.69, 9.17) is 18.3 Å². The molecule has 0 spiro atoms. The van der Waals surface area contributed by atoms with Crippen molar-refractivity contribution in [1.29, 1.82) is 0 Å². The molecule has 2 aliphatic rings. The highest BCUT2D eigenvalue weighted by atomic mass is 31.2. The van der Waals surface area contributed by atoms with Crippen molar-refractivity contribution in [1.82, 2.24) is 9.55 Å². The zero-order chi connectivity index (χ0) is 21.5. The second-order valence-corrected chi connectivity index (χ2v) is 8.43. The molecular formula is C17H18FN2O9P. The molecule has 0 radical (unpaired) electrons. The highest BCUT2D eigenvalue weighted by Gasteiger charge is 2.50. The Bertz CT molecular complexity index is 1120. The number of H-pyrrole nitrogens is 1. The Labute approximate surface area is 168 Å². The van der Waals surface area contributed by atoms with Gasteiger partial charge in [0.05, 0.1) is 18.8 Å². The van der Waals surface area contributed by atoms with Crippen LogP contribution in [0.4, 0.5) is 4.39 Å². The van der Waals surface area contributed by atoms with Crippen LogP contribution in [0.2, 0.25) is 0 Å². The number of aliphatic hydroxyl groups is 2. The van der Waals surface area contributed by atoms with Crippen LogP contribution >= 0.6 is 7.82 Å². The number of para-hydroxylation sites is 1. The molecule has 11 nitrogen and oxygen atoms in total. The predicted octanol–water partition coefficient (Wildman–Crippen LogP) is 0.708. The fourth-order valence-corrected chi connectivity index (χ4v) is 4.41. The van der Waals surface area contributed by atoms with Gasteiger partial charge in [0.2, 0.25) is 5.85 Å². The second-order valence-electron chi connectivity index (χ2n) is 6.84. The molecule has 1 aromatic carbocycles. The Kier molecular flexibility index (Phi) is 5.39. The van der Waals surface area contributed by atoms with Gasteiger partial charge in [-0.1, -0.05) is 18.2 Å². The monoisotopic (exact) mass is 444 g/mol. The first-order valence-electron chi connectivity index (χ1n) is 8.89. The maximum Gasteiger partial charge on any atom is 0.530 e. The fourth-order valence-electron chi connectivity index (χ4n) is 3.17. The maximum atomic E-state index is 15.1. The molecule has 1 saturated heterocycles. The molecule has 0 saturated carbocycles. The Morgan fingerprint density at radius 1 is 1.37 bits per heavy atom. The number of fused-ring (bicyclic) bond motifs is 1. The van der Waals surface area contributed by atoms with Crippen molar-refractivity contribution < 1.29 is 37.5 Å². The molecule has 2 aromatic rings. The Morgan fingerprint density at radius 2 is 2.13 bits per heavy atom. The van der Waals surface area contributed by atoms with E-state index in [1.165, 1.54) is 0 Å². The van der Waals surface area contributed by atoms with Crippen molar-refractivity contribution in [3.05, 3.63) is 62.4 Å². The molecule has 1 aromatic heterocycles. The molecule has 30 heavy (non-hydrogen) atoms. The van der Waals surface area contributed by atoms with Gasteiger partial charge in [0.25, 0.3) is 5.56 Å². The molecular weight excluding hydrogens is 426 g/mol. The normalized spacial score (nSPS) is 30.6. The van der Waals surface area contributed by atoms with E-state index in [2.05, 4.69) is 0 Å². The molecule has 4 rings (SSSR count). The van der Waals surface area contributed by atoms with Gasteiger partial charge in [-0.25, -0.2) is 13.8 Å². The zero-order valence-corrected chi connectivity index (χ0v) is 16.3. The maximum absolute atomic E-state index is 15.1. The van der Waals surface area contributed by atoms with Crippen LogP contribution in [0.15, 0.2) is 40.1 Å². The minimum absolute atomic E-state index is 0.0600. The number of hydrogen-bond donors (Lipinski definition) is 3. The van der Waals surface area contributed by atoms with Crippen LogP contribution in [0.25, 0.3) is 0 Å². The first kappa shape index (κ1) is 20.9. The Hall–Kier alpha value is -2.34. The van der Waals surface area contributed by atoms with Gasteiger partial charge in [0.15, 0.2) is 6.23 Å². The summed E-state index contributed by atoms with van der Waals surface area (Å²) in [5, 5.41) is 19.4. The average Bonchev–Trinajstić information content (AvgIpc) is 3.01. The van der Waals surface area contributed by atoms with Gasteiger partial charge in [-0.05, 0) is 6.07 Å². The minimum Gasteiger partial charge on any atom is -0.404 e. The molecule has 3 N–H and O–H groups in total. The third-order valence-electron chi connectivity index (χ3n) is 4.66. The van der Waals surface area contributed by atoms with Crippen molar-refractivity contribution in [2.45, 2.75) is 37.8 Å². The predicted molar refractivity (Wildman–Crippen MR) is 97.2 cm³/mol. The van der Waals surface area contributed by atoms with Crippen molar-refractivity contribution >= 4 is 7.82 Å². The van der Waals surface area contributed by atoms with Crippen LogP contribution in [0.5, 0.6) is 5.75 Å². The van der Waals surface area contributed by atoms with Crippen LogP contribution in [0.1, 0.15) is 23.8 Å². The number of aromatic nitrogens is 2. The summed E-state index contributed by atoms with van der Waals surface area (Å²) in [5.41, 5.74) is -1.31. The largest absolute Gasteiger partial charge is 0.530 e. The smallest absolute Gasteiger partial charge is 0.404 e. The SMILES string of the molecule is O=c1[nH]c(=O)n([C@@H]2O[C@](F)(COP3(=O)OCc4ccccc4O3)C[C@H]2O)cc1CO. The number of aliphatic hydroxyl groups excluding tert-OH is 2. The number of alkyl halides is 1. The van der Waals surface area contributed by atoms with Crippen molar-refractivity contribution in [2.75, 3.05) is 6.61 Å². The number of hydrogen-bond acceptors (Lipinski definition) is 9. The number of benzene rings is 1.